The Kier molecular flexibility index (Phi) is 2.61. The standard InChI is InChI=1S/C10H18N4/c1-8-12-9(11)10(13-8)14-6-4-2-3-5-7-14/h2-7,11H2,1H3,(H,12,13). The van der Waals surface area contributed by atoms with Gasteiger partial charge in [0.1, 0.15) is 11.6 Å². The van der Waals surface area contributed by atoms with Crippen molar-refractivity contribution in [1.82, 2.24) is 9.97 Å². The Balaban J connectivity index is 2.15. The SMILES string of the molecule is Cc1nc(N2CCCCCC2)c(N)[nH]1. The van der Waals surface area contributed by atoms with Crippen LogP contribution < -0.4 is 10.6 Å². The summed E-state index contributed by atoms with van der Waals surface area (Å²) in [6.45, 7) is 4.13. The third-order valence-electron chi connectivity index (χ3n) is 2.74. The Hall–Kier alpha value is -1.19. The van der Waals surface area contributed by atoms with Crippen molar-refractivity contribution in [3.63, 3.8) is 0 Å². The maximum absolute atomic E-state index is 5.86. The predicted molar refractivity (Wildman–Crippen MR) is 58.4 cm³/mol. The van der Waals surface area contributed by atoms with Crippen molar-refractivity contribution in [3.05, 3.63) is 5.82 Å². The molecule has 0 unspecified atom stereocenters. The maximum Gasteiger partial charge on any atom is 0.171 e. The van der Waals surface area contributed by atoms with E-state index in [9.17, 15) is 0 Å². The number of rotatable bonds is 1. The van der Waals surface area contributed by atoms with Crippen molar-refractivity contribution >= 4 is 11.6 Å². The summed E-state index contributed by atoms with van der Waals surface area (Å²) in [5.74, 6) is 2.57. The van der Waals surface area contributed by atoms with Crippen molar-refractivity contribution in [2.75, 3.05) is 23.7 Å². The highest BCUT2D eigenvalue weighted by Gasteiger charge is 2.15. The van der Waals surface area contributed by atoms with Gasteiger partial charge in [-0.05, 0) is 19.8 Å². The molecule has 0 aliphatic carbocycles. The molecule has 1 aliphatic rings. The van der Waals surface area contributed by atoms with Gasteiger partial charge in [-0.15, -0.1) is 0 Å². The number of nitrogens with two attached hydrogens (primary N) is 1. The van der Waals surface area contributed by atoms with Crippen molar-refractivity contribution in [1.29, 1.82) is 0 Å². The molecule has 0 amide bonds. The molecule has 1 saturated heterocycles. The summed E-state index contributed by atoms with van der Waals surface area (Å²) in [4.78, 5) is 9.77. The van der Waals surface area contributed by atoms with Crippen LogP contribution in [-0.2, 0) is 0 Å². The van der Waals surface area contributed by atoms with E-state index in [1.165, 1.54) is 25.7 Å². The van der Waals surface area contributed by atoms with Crippen molar-refractivity contribution in [2.45, 2.75) is 32.6 Å². The Morgan fingerprint density at radius 3 is 2.36 bits per heavy atom. The molecule has 1 aromatic rings. The first kappa shape index (κ1) is 9.37. The lowest BCUT2D eigenvalue weighted by Crippen LogP contribution is -2.25. The molecule has 1 aliphatic heterocycles. The van der Waals surface area contributed by atoms with Gasteiger partial charge < -0.3 is 15.6 Å². The lowest BCUT2D eigenvalue weighted by molar-refractivity contribution is 0.726. The molecule has 0 atom stereocenters. The molecule has 2 rings (SSSR count). The number of aromatic nitrogens is 2. The minimum Gasteiger partial charge on any atom is -0.382 e. The highest BCUT2D eigenvalue weighted by Crippen LogP contribution is 2.22. The van der Waals surface area contributed by atoms with Gasteiger partial charge in [0, 0.05) is 13.1 Å². The van der Waals surface area contributed by atoms with E-state index in [2.05, 4.69) is 14.9 Å². The van der Waals surface area contributed by atoms with E-state index in [1.54, 1.807) is 0 Å². The van der Waals surface area contributed by atoms with E-state index in [0.29, 0.717) is 5.82 Å². The second kappa shape index (κ2) is 3.90. The highest BCUT2D eigenvalue weighted by atomic mass is 15.2. The second-order valence-electron chi connectivity index (χ2n) is 3.96. The molecule has 1 fully saturated rings. The van der Waals surface area contributed by atoms with Crippen molar-refractivity contribution in [3.8, 4) is 0 Å². The van der Waals surface area contributed by atoms with Crippen LogP contribution in [-0.4, -0.2) is 23.1 Å². The smallest absolute Gasteiger partial charge is 0.171 e. The lowest BCUT2D eigenvalue weighted by atomic mass is 10.2. The number of imidazole rings is 1. The topological polar surface area (TPSA) is 57.9 Å². The van der Waals surface area contributed by atoms with Gasteiger partial charge in [0.05, 0.1) is 0 Å². The number of aromatic amines is 1. The molecule has 0 bridgehead atoms. The molecule has 78 valence electrons. The van der Waals surface area contributed by atoms with Gasteiger partial charge in [-0.3, -0.25) is 0 Å². The van der Waals surface area contributed by atoms with Gasteiger partial charge >= 0.3 is 0 Å². The fourth-order valence-corrected chi connectivity index (χ4v) is 2.02. The normalized spacial score (nSPS) is 18.2. The second-order valence-corrected chi connectivity index (χ2v) is 3.96. The number of nitrogens with zero attached hydrogens (tertiary/aromatic N) is 2. The van der Waals surface area contributed by atoms with Crippen LogP contribution in [0.3, 0.4) is 0 Å². The highest BCUT2D eigenvalue weighted by molar-refractivity contribution is 5.58. The fraction of sp³-hybridized carbons (Fsp3) is 0.700. The molecule has 4 nitrogen and oxygen atoms in total. The van der Waals surface area contributed by atoms with Crippen molar-refractivity contribution in [2.24, 2.45) is 0 Å². The summed E-state index contributed by atoms with van der Waals surface area (Å²) in [5, 5.41) is 0. The molecule has 0 saturated carbocycles. The van der Waals surface area contributed by atoms with E-state index in [4.69, 9.17) is 5.73 Å². The minimum absolute atomic E-state index is 0.712. The molecular formula is C10H18N4. The zero-order valence-electron chi connectivity index (χ0n) is 8.71. The van der Waals surface area contributed by atoms with Crippen LogP contribution in [0.5, 0.6) is 0 Å². The Morgan fingerprint density at radius 2 is 1.86 bits per heavy atom. The largest absolute Gasteiger partial charge is 0.382 e. The van der Waals surface area contributed by atoms with Gasteiger partial charge in [-0.1, -0.05) is 12.8 Å². The summed E-state index contributed by atoms with van der Waals surface area (Å²) in [6.07, 6.45) is 5.18. The summed E-state index contributed by atoms with van der Waals surface area (Å²) in [6, 6.07) is 0. The van der Waals surface area contributed by atoms with E-state index >= 15 is 0 Å². The molecule has 14 heavy (non-hydrogen) atoms. The summed E-state index contributed by atoms with van der Waals surface area (Å²) in [7, 11) is 0. The number of nitrogens with one attached hydrogen (secondary N) is 1. The number of nitrogen functional groups attached to an aromatic ring is 1. The molecule has 2 heterocycles. The number of anilines is 2. The molecule has 1 aromatic heterocycles. The Labute approximate surface area is 84.5 Å². The van der Waals surface area contributed by atoms with Gasteiger partial charge in [0.25, 0.3) is 0 Å². The van der Waals surface area contributed by atoms with Gasteiger partial charge in [0.15, 0.2) is 5.82 Å². The summed E-state index contributed by atoms with van der Waals surface area (Å²) in [5.41, 5.74) is 5.86. The van der Waals surface area contributed by atoms with Gasteiger partial charge in [-0.2, -0.15) is 0 Å². The maximum atomic E-state index is 5.86. The molecule has 3 N–H and O–H groups in total. The number of hydrogen-bond donors (Lipinski definition) is 2. The fourth-order valence-electron chi connectivity index (χ4n) is 2.02. The Bertz CT molecular complexity index is 297. The number of aryl methyl sites for hydroxylation is 1. The predicted octanol–water partition coefficient (Wildman–Crippen LogP) is 1.68. The van der Waals surface area contributed by atoms with Gasteiger partial charge in [-0.25, -0.2) is 4.98 Å². The van der Waals surface area contributed by atoms with E-state index in [0.717, 1.165) is 24.7 Å². The average Bonchev–Trinajstić information content (AvgIpc) is 2.43. The van der Waals surface area contributed by atoms with E-state index in [1.807, 2.05) is 6.92 Å². The minimum atomic E-state index is 0.712. The van der Waals surface area contributed by atoms with Gasteiger partial charge in [0.2, 0.25) is 0 Å². The molecule has 0 spiro atoms. The zero-order valence-corrected chi connectivity index (χ0v) is 8.71. The van der Waals surface area contributed by atoms with E-state index < -0.39 is 0 Å². The third kappa shape index (κ3) is 1.84. The van der Waals surface area contributed by atoms with Crippen LogP contribution in [0.2, 0.25) is 0 Å². The first-order chi connectivity index (χ1) is 6.77. The molecular weight excluding hydrogens is 176 g/mol. The summed E-state index contributed by atoms with van der Waals surface area (Å²) < 4.78 is 0. The summed E-state index contributed by atoms with van der Waals surface area (Å²) >= 11 is 0. The quantitative estimate of drug-likeness (QED) is 0.715. The number of hydrogen-bond acceptors (Lipinski definition) is 3. The van der Waals surface area contributed by atoms with Crippen molar-refractivity contribution < 1.29 is 0 Å². The Morgan fingerprint density at radius 1 is 1.21 bits per heavy atom. The van der Waals surface area contributed by atoms with Crippen LogP contribution in [0.4, 0.5) is 11.6 Å². The number of H-pyrrole nitrogens is 1. The van der Waals surface area contributed by atoms with Crippen LogP contribution in [0.1, 0.15) is 31.5 Å². The van der Waals surface area contributed by atoms with Crippen LogP contribution in [0.15, 0.2) is 0 Å². The first-order valence-corrected chi connectivity index (χ1v) is 5.34. The van der Waals surface area contributed by atoms with Crippen LogP contribution in [0, 0.1) is 6.92 Å². The van der Waals surface area contributed by atoms with Crippen LogP contribution in [0.25, 0.3) is 0 Å². The van der Waals surface area contributed by atoms with E-state index in [-0.39, 0.29) is 0 Å². The lowest BCUT2D eigenvalue weighted by Gasteiger charge is -2.19. The molecule has 4 heteroatoms. The zero-order chi connectivity index (χ0) is 9.97. The van der Waals surface area contributed by atoms with Crippen LogP contribution >= 0.6 is 0 Å². The molecule has 0 radical (unpaired) electrons. The third-order valence-corrected chi connectivity index (χ3v) is 2.74. The average molecular weight is 194 g/mol. The molecule has 0 aromatic carbocycles. The first-order valence-electron chi connectivity index (χ1n) is 5.34. The monoisotopic (exact) mass is 194 g/mol.